The van der Waals surface area contributed by atoms with Crippen LogP contribution in [0.15, 0.2) is 84.9 Å². The summed E-state index contributed by atoms with van der Waals surface area (Å²) in [5.74, 6) is 3.22. The van der Waals surface area contributed by atoms with E-state index in [0.717, 1.165) is 62.1 Å². The molecule has 0 saturated carbocycles. The molecule has 4 aromatic carbocycles. The first-order valence-corrected chi connectivity index (χ1v) is 19.7. The first-order valence-electron chi connectivity index (χ1n) is 19.7. The molecule has 0 unspecified atom stereocenters. The van der Waals surface area contributed by atoms with E-state index in [1.165, 1.54) is 27.8 Å². The van der Waals surface area contributed by atoms with Crippen molar-refractivity contribution in [3.05, 3.63) is 118 Å². The van der Waals surface area contributed by atoms with E-state index in [9.17, 15) is 0 Å². The van der Waals surface area contributed by atoms with Crippen LogP contribution < -0.4 is 18.9 Å². The van der Waals surface area contributed by atoms with Gasteiger partial charge in [0.1, 0.15) is 29.6 Å². The first kappa shape index (κ1) is 40.6. The number of piperazine rings is 1. The Morgan fingerprint density at radius 2 is 1.20 bits per heavy atom. The zero-order valence-corrected chi connectivity index (χ0v) is 34.6. The predicted octanol–water partition coefficient (Wildman–Crippen LogP) is 8.93. The molecule has 2 atom stereocenters. The maximum Gasteiger partial charge on any atom is 0.188 e. The lowest BCUT2D eigenvalue weighted by Gasteiger charge is -2.43. The summed E-state index contributed by atoms with van der Waals surface area (Å²) >= 11 is 0. The molecule has 0 N–H and O–H groups in total. The fourth-order valence-corrected chi connectivity index (χ4v) is 7.73. The highest BCUT2D eigenvalue weighted by atomic mass is 16.7. The van der Waals surface area contributed by atoms with Crippen molar-refractivity contribution in [2.24, 2.45) is 0 Å². The lowest BCUT2D eigenvalue weighted by Crippen LogP contribution is -2.47. The van der Waals surface area contributed by atoms with Crippen LogP contribution in [0.5, 0.6) is 23.0 Å². The number of methoxy groups -OCH3 is 2. The van der Waals surface area contributed by atoms with Gasteiger partial charge in [-0.15, -0.1) is 0 Å². The van der Waals surface area contributed by atoms with Crippen molar-refractivity contribution < 1.29 is 28.4 Å². The first-order chi connectivity index (χ1) is 26.3. The minimum atomic E-state index is -0.351. The number of fused-ring (bicyclic) bond motifs is 1. The normalized spacial score (nSPS) is 19.4. The van der Waals surface area contributed by atoms with Crippen molar-refractivity contribution in [1.82, 2.24) is 9.80 Å². The molecule has 296 valence electrons. The molecule has 55 heavy (non-hydrogen) atoms. The SMILES string of the molecule is COCOc1ccc([C@@]2(C)COc3cc(OCOC)ccc3[C@H]2c2ccc(OCCN3CCN(Cc4cc(C(C)(C)C)cc(C(C)(C)C)c4)CC3)cc2)cc1. The summed E-state index contributed by atoms with van der Waals surface area (Å²) in [4.78, 5) is 5.13. The Morgan fingerprint density at radius 3 is 1.80 bits per heavy atom. The second-order valence-electron chi connectivity index (χ2n) is 17.4. The van der Waals surface area contributed by atoms with Crippen LogP contribution in [-0.4, -0.2) is 83.5 Å². The largest absolute Gasteiger partial charge is 0.492 e. The Labute approximate surface area is 329 Å². The molecule has 8 heteroatoms. The zero-order chi connectivity index (χ0) is 39.2. The average molecular weight is 751 g/mol. The van der Waals surface area contributed by atoms with Crippen LogP contribution in [-0.2, 0) is 32.3 Å². The average Bonchev–Trinajstić information content (AvgIpc) is 3.16. The summed E-state index contributed by atoms with van der Waals surface area (Å²) in [5, 5.41) is 0. The smallest absolute Gasteiger partial charge is 0.188 e. The molecule has 1 fully saturated rings. The summed E-state index contributed by atoms with van der Waals surface area (Å²) in [6.07, 6.45) is 0. The topological polar surface area (TPSA) is 61.9 Å². The highest BCUT2D eigenvalue weighted by molar-refractivity contribution is 5.53. The van der Waals surface area contributed by atoms with E-state index >= 15 is 0 Å². The molecular formula is C47H62N2O6. The molecule has 0 radical (unpaired) electrons. The fraction of sp³-hybridized carbons (Fsp3) is 0.489. The molecule has 0 amide bonds. The molecule has 0 spiro atoms. The van der Waals surface area contributed by atoms with Crippen LogP contribution in [0.25, 0.3) is 0 Å². The van der Waals surface area contributed by atoms with Gasteiger partial charge in [0, 0.05) is 76.5 Å². The van der Waals surface area contributed by atoms with Crippen LogP contribution in [0.4, 0.5) is 0 Å². The number of nitrogens with zero attached hydrogens (tertiary/aromatic N) is 2. The quantitative estimate of drug-likeness (QED) is 0.119. The Balaban J connectivity index is 1.09. The Bertz CT molecular complexity index is 1810. The number of rotatable bonds is 14. The van der Waals surface area contributed by atoms with Gasteiger partial charge in [-0.05, 0) is 69.0 Å². The summed E-state index contributed by atoms with van der Waals surface area (Å²) in [6.45, 7) is 23.8. The van der Waals surface area contributed by atoms with Crippen molar-refractivity contribution in [3.8, 4) is 23.0 Å². The minimum Gasteiger partial charge on any atom is -0.492 e. The van der Waals surface area contributed by atoms with Gasteiger partial charge in [-0.2, -0.15) is 0 Å². The molecule has 2 aliphatic rings. The molecular weight excluding hydrogens is 689 g/mol. The predicted molar refractivity (Wildman–Crippen MR) is 220 cm³/mol. The van der Waals surface area contributed by atoms with Crippen LogP contribution >= 0.6 is 0 Å². The Kier molecular flexibility index (Phi) is 12.8. The molecule has 2 heterocycles. The number of hydrogen-bond donors (Lipinski definition) is 0. The number of ether oxygens (including phenoxy) is 6. The van der Waals surface area contributed by atoms with Crippen molar-refractivity contribution >= 4 is 0 Å². The van der Waals surface area contributed by atoms with E-state index < -0.39 is 0 Å². The maximum atomic E-state index is 6.46. The highest BCUT2D eigenvalue weighted by Gasteiger charge is 2.43. The molecule has 0 bridgehead atoms. The Hall–Kier alpha value is -4.08. The van der Waals surface area contributed by atoms with Gasteiger partial charge < -0.3 is 28.4 Å². The summed E-state index contributed by atoms with van der Waals surface area (Å²) in [7, 11) is 3.24. The van der Waals surface area contributed by atoms with Crippen molar-refractivity contribution in [2.45, 2.75) is 77.2 Å². The number of benzene rings is 4. The van der Waals surface area contributed by atoms with Gasteiger partial charge in [0.2, 0.25) is 0 Å². The molecule has 6 rings (SSSR count). The Morgan fingerprint density at radius 1 is 0.655 bits per heavy atom. The molecule has 8 nitrogen and oxygen atoms in total. The van der Waals surface area contributed by atoms with E-state index in [-0.39, 0.29) is 35.7 Å². The van der Waals surface area contributed by atoms with Crippen LogP contribution in [0, 0.1) is 0 Å². The van der Waals surface area contributed by atoms with Gasteiger partial charge in [-0.1, -0.05) is 97.0 Å². The third-order valence-corrected chi connectivity index (χ3v) is 11.1. The van der Waals surface area contributed by atoms with Crippen LogP contribution in [0.1, 0.15) is 87.8 Å². The third kappa shape index (κ3) is 10.0. The minimum absolute atomic E-state index is 0.0276. The van der Waals surface area contributed by atoms with Gasteiger partial charge in [-0.3, -0.25) is 9.80 Å². The van der Waals surface area contributed by atoms with Gasteiger partial charge in [-0.25, -0.2) is 0 Å². The fourth-order valence-electron chi connectivity index (χ4n) is 7.73. The summed E-state index contributed by atoms with van der Waals surface area (Å²) < 4.78 is 34.5. The number of hydrogen-bond acceptors (Lipinski definition) is 8. The summed E-state index contributed by atoms with van der Waals surface area (Å²) in [5.41, 5.74) is 7.66. The molecule has 4 aromatic rings. The van der Waals surface area contributed by atoms with Gasteiger partial charge in [0.25, 0.3) is 0 Å². The molecule has 0 aliphatic carbocycles. The van der Waals surface area contributed by atoms with Gasteiger partial charge in [0.15, 0.2) is 13.6 Å². The third-order valence-electron chi connectivity index (χ3n) is 11.1. The van der Waals surface area contributed by atoms with E-state index in [1.54, 1.807) is 14.2 Å². The van der Waals surface area contributed by atoms with Crippen molar-refractivity contribution in [1.29, 1.82) is 0 Å². The summed E-state index contributed by atoms with van der Waals surface area (Å²) in [6, 6.07) is 30.2. The van der Waals surface area contributed by atoms with Crippen LogP contribution in [0.2, 0.25) is 0 Å². The van der Waals surface area contributed by atoms with E-state index in [1.807, 2.05) is 24.3 Å². The molecule has 2 aliphatic heterocycles. The van der Waals surface area contributed by atoms with E-state index in [2.05, 4.69) is 119 Å². The molecule has 0 aromatic heterocycles. The second kappa shape index (κ2) is 17.4. The van der Waals surface area contributed by atoms with Crippen molar-refractivity contribution in [3.63, 3.8) is 0 Å². The second-order valence-corrected chi connectivity index (χ2v) is 17.4. The lowest BCUT2D eigenvalue weighted by molar-refractivity contribution is 0.0505. The van der Waals surface area contributed by atoms with E-state index in [0.29, 0.717) is 19.0 Å². The van der Waals surface area contributed by atoms with E-state index in [4.69, 9.17) is 28.4 Å². The highest BCUT2D eigenvalue weighted by Crippen LogP contribution is 2.51. The maximum absolute atomic E-state index is 6.46. The van der Waals surface area contributed by atoms with Gasteiger partial charge >= 0.3 is 0 Å². The molecule has 1 saturated heterocycles. The lowest BCUT2D eigenvalue weighted by atomic mass is 9.65. The van der Waals surface area contributed by atoms with Crippen LogP contribution in [0.3, 0.4) is 0 Å². The van der Waals surface area contributed by atoms with Crippen molar-refractivity contribution in [2.75, 3.05) is 73.7 Å². The van der Waals surface area contributed by atoms with Gasteiger partial charge in [0.05, 0.1) is 6.61 Å². The zero-order valence-electron chi connectivity index (χ0n) is 34.6. The standard InChI is InChI=1S/C47H62N2O6/c1-45(2,3)37-26-34(27-38(28-37)46(4,5)6)30-49-22-20-48(21-23-49)24-25-52-39-14-10-35(11-15-39)44-42-19-18-41(55-33-51-9)29-43(42)53-31-47(44,7)36-12-16-40(17-13-36)54-32-50-8/h10-19,26-29,44H,20-25,30-33H2,1-9H3/t44-,47-/m1/s1. The monoisotopic (exact) mass is 750 g/mol.